The van der Waals surface area contributed by atoms with E-state index in [1.54, 1.807) is 16.1 Å². The maximum Gasteiger partial charge on any atom is 0.416 e. The number of benzene rings is 4. The zero-order valence-corrected chi connectivity index (χ0v) is 32.9. The average molecular weight is 1030 g/mol. The van der Waals surface area contributed by atoms with Crippen molar-refractivity contribution in [3.05, 3.63) is 134 Å². The van der Waals surface area contributed by atoms with Crippen LogP contribution in [0.4, 0.5) is 105 Å². The van der Waals surface area contributed by atoms with Gasteiger partial charge in [-0.3, -0.25) is 4.84 Å². The van der Waals surface area contributed by atoms with E-state index in [0.29, 0.717) is 12.5 Å². The minimum Gasteiger partial charge on any atom is -0.269 e. The Morgan fingerprint density at radius 2 is 0.591 bits per heavy atom. The number of nitrogens with zero attached hydrogens (tertiary/aromatic N) is 1. The molecule has 0 fully saturated rings. The molecule has 0 N–H and O–H groups in total. The first-order chi connectivity index (χ1) is 29.7. The lowest BCUT2D eigenvalue weighted by atomic mass is 9.12. The highest BCUT2D eigenvalue weighted by atomic mass is 35.5. The Hall–Kier alpha value is -5.02. The van der Waals surface area contributed by atoms with Gasteiger partial charge in [-0.15, -0.1) is 11.6 Å². The maximum absolute atomic E-state index is 14.2. The van der Waals surface area contributed by atoms with Gasteiger partial charge in [0, 0.05) is 4.73 Å². The lowest BCUT2D eigenvalue weighted by molar-refractivity contribution is -0.887. The van der Waals surface area contributed by atoms with Crippen LogP contribution in [0, 0.1) is 0 Å². The third kappa shape index (κ3) is 12.5. The number of thiazole rings is 1. The lowest BCUT2D eigenvalue weighted by Gasteiger charge is -2.46. The van der Waals surface area contributed by atoms with Crippen molar-refractivity contribution < 1.29 is 115 Å². The van der Waals surface area contributed by atoms with Gasteiger partial charge in [-0.25, -0.2) is 0 Å². The van der Waals surface area contributed by atoms with Crippen molar-refractivity contribution in [2.75, 3.05) is 12.5 Å². The van der Waals surface area contributed by atoms with Crippen LogP contribution in [0.5, 0.6) is 0 Å². The monoisotopic (exact) mass is 1030 g/mol. The Morgan fingerprint density at radius 3 is 0.742 bits per heavy atom. The van der Waals surface area contributed by atoms with Crippen LogP contribution in [-0.2, 0) is 49.4 Å². The summed E-state index contributed by atoms with van der Waals surface area (Å²) in [7, 11) is 0. The molecule has 0 aliphatic carbocycles. The van der Waals surface area contributed by atoms with E-state index >= 15 is 0 Å². The first-order valence-corrected chi connectivity index (χ1v) is 18.7. The van der Waals surface area contributed by atoms with E-state index < -0.39 is 195 Å². The first-order valence-electron chi connectivity index (χ1n) is 17.2. The molecule has 362 valence electrons. The molecule has 0 unspecified atom stereocenters. The summed E-state index contributed by atoms with van der Waals surface area (Å²) in [6.45, 7) is 0.558. The second-order valence-electron chi connectivity index (χ2n) is 13.6. The minimum absolute atomic E-state index is 0.531. The quantitative estimate of drug-likeness (QED) is 0.0685. The molecule has 0 aliphatic heterocycles. The third-order valence-electron chi connectivity index (χ3n) is 9.21. The van der Waals surface area contributed by atoms with Gasteiger partial charge in [-0.2, -0.15) is 127 Å². The molecule has 5 aromatic rings. The summed E-state index contributed by atoms with van der Waals surface area (Å²) in [5, 5.41) is 1.94. The molecule has 29 heteroatoms. The summed E-state index contributed by atoms with van der Waals surface area (Å²) >= 11 is 6.97. The largest absolute Gasteiger partial charge is 0.416 e. The molecule has 0 amide bonds. The van der Waals surface area contributed by atoms with E-state index in [-0.39, 0.29) is 0 Å². The van der Waals surface area contributed by atoms with Gasteiger partial charge in [0.15, 0.2) is 6.61 Å². The number of alkyl halides is 25. The summed E-state index contributed by atoms with van der Waals surface area (Å²) < 4.78 is 342. The zero-order chi connectivity index (χ0) is 50.4. The molecule has 4 aromatic carbocycles. The molecule has 0 radical (unpaired) electrons. The molecular formula is C37H19BClF24NOS. The predicted molar refractivity (Wildman–Crippen MR) is 187 cm³/mol. The van der Waals surface area contributed by atoms with Crippen molar-refractivity contribution in [2.24, 2.45) is 0 Å². The highest BCUT2D eigenvalue weighted by molar-refractivity contribution is 7.20. The highest BCUT2D eigenvalue weighted by Gasteiger charge is 2.47. The van der Waals surface area contributed by atoms with E-state index in [1.165, 1.54) is 0 Å². The van der Waals surface area contributed by atoms with Crippen LogP contribution in [0.15, 0.2) is 89.9 Å². The van der Waals surface area contributed by atoms with E-state index in [9.17, 15) is 105 Å². The Labute approximate surface area is 361 Å². The third-order valence-corrected chi connectivity index (χ3v) is 9.97. The van der Waals surface area contributed by atoms with Gasteiger partial charge in [-0.1, -0.05) is 59.9 Å². The number of aromatic nitrogens is 1. The van der Waals surface area contributed by atoms with Gasteiger partial charge >= 0.3 is 49.4 Å². The van der Waals surface area contributed by atoms with Crippen molar-refractivity contribution in [3.63, 3.8) is 0 Å². The zero-order valence-electron chi connectivity index (χ0n) is 31.4. The molecule has 66 heavy (non-hydrogen) atoms. The highest BCUT2D eigenvalue weighted by Crippen LogP contribution is 2.41. The van der Waals surface area contributed by atoms with E-state index in [4.69, 9.17) is 16.4 Å². The van der Waals surface area contributed by atoms with Gasteiger partial charge in [0.05, 0.1) is 55.8 Å². The topological polar surface area (TPSA) is 13.1 Å². The predicted octanol–water partition coefficient (Wildman–Crippen LogP) is 11.9. The first kappa shape index (κ1) is 53.6. The lowest BCUT2D eigenvalue weighted by Crippen LogP contribution is -2.75. The second-order valence-corrected chi connectivity index (χ2v) is 14.8. The number of rotatable bonds is 7. The summed E-state index contributed by atoms with van der Waals surface area (Å²) in [4.78, 5) is 5.09. The van der Waals surface area contributed by atoms with Gasteiger partial charge in [0.1, 0.15) is 6.15 Å². The van der Waals surface area contributed by atoms with Gasteiger partial charge < -0.3 is 0 Å². The van der Waals surface area contributed by atoms with Crippen molar-refractivity contribution in [3.8, 4) is 0 Å². The molecule has 0 bridgehead atoms. The van der Waals surface area contributed by atoms with E-state index in [2.05, 4.69) is 0 Å². The fraction of sp³-hybridized carbons (Fsp3) is 0.270. The number of hydrogen-bond donors (Lipinski definition) is 0. The van der Waals surface area contributed by atoms with Gasteiger partial charge in [0.2, 0.25) is 6.20 Å². The fourth-order valence-corrected chi connectivity index (χ4v) is 7.09. The van der Waals surface area contributed by atoms with Crippen LogP contribution < -0.4 is 31.4 Å². The summed E-state index contributed by atoms with van der Waals surface area (Å²) in [6.07, 6.45) is -53.0. The minimum atomic E-state index is -6.13. The summed E-state index contributed by atoms with van der Waals surface area (Å²) in [6, 6.07) is -8.81. The van der Waals surface area contributed by atoms with Crippen LogP contribution >= 0.6 is 22.9 Å². The van der Waals surface area contributed by atoms with Gasteiger partial charge in [0.25, 0.3) is 5.51 Å². The number of halogens is 25. The molecule has 5 rings (SSSR count). The smallest absolute Gasteiger partial charge is 0.269 e. The van der Waals surface area contributed by atoms with Crippen LogP contribution in [0.25, 0.3) is 0 Å². The Balaban J connectivity index is 0.000000942. The normalized spacial score (nSPS) is 13.7. The van der Waals surface area contributed by atoms with Crippen LogP contribution in [0.1, 0.15) is 44.5 Å². The van der Waals surface area contributed by atoms with Crippen molar-refractivity contribution in [1.82, 2.24) is 0 Å². The summed E-state index contributed by atoms with van der Waals surface area (Å²) in [5.74, 6) is 0.531. The second kappa shape index (κ2) is 18.2. The van der Waals surface area contributed by atoms with E-state index in [1.807, 2.05) is 17.1 Å². The molecule has 1 heterocycles. The molecule has 0 atom stereocenters. The Kier molecular flexibility index (Phi) is 14.8. The fourth-order valence-electron chi connectivity index (χ4n) is 6.51. The summed E-state index contributed by atoms with van der Waals surface area (Å²) in [5.41, 5.74) is -28.3. The molecule has 1 aromatic heterocycles. The van der Waals surface area contributed by atoms with Crippen LogP contribution in [0.3, 0.4) is 0 Å². The van der Waals surface area contributed by atoms with Gasteiger partial charge in [-0.05, 0) is 24.3 Å². The number of hydrogen-bond acceptors (Lipinski definition) is 2. The van der Waals surface area contributed by atoms with Crippen molar-refractivity contribution in [1.29, 1.82) is 0 Å². The molecule has 0 saturated carbocycles. The van der Waals surface area contributed by atoms with Crippen molar-refractivity contribution in [2.45, 2.75) is 49.4 Å². The molecule has 2 nitrogen and oxygen atoms in total. The standard InChI is InChI=1S/C32H12BF24.C5H7ClNOS/c34-25(35,36)13-1-14(26(37,38)39)6-21(5-13)33(22-7-15(27(40,41)42)2-16(8-22)28(43,44)45,23-9-17(29(46,47)48)3-18(10-23)30(49,50)51)24-11-19(31(52,53)54)4-20(12-24)32(55,56)57;6-1-3-8-7-2-4-9-5-7/h1-12H;2,4-5H,1,3H2/q-1;+1. The molecular weight excluding hydrogens is 1010 g/mol. The molecule has 0 spiro atoms. The van der Waals surface area contributed by atoms with Crippen LogP contribution in [0.2, 0.25) is 0 Å². The Bertz CT molecular complexity index is 2040. The maximum atomic E-state index is 14.2. The van der Waals surface area contributed by atoms with Crippen molar-refractivity contribution >= 4 is 50.9 Å². The van der Waals surface area contributed by atoms with E-state index in [0.717, 1.165) is 0 Å². The molecule has 0 saturated heterocycles. The Morgan fingerprint density at radius 1 is 0.379 bits per heavy atom. The average Bonchev–Trinajstić information content (AvgIpc) is 3.68. The van der Waals surface area contributed by atoms with Crippen LogP contribution in [-0.4, -0.2) is 18.6 Å². The SMILES string of the molecule is ClCCO[n+]1ccsc1.FC(F)(F)c1cc([B-](c2cc(C(F)(F)F)cc(C(F)(F)F)c2)(c2cc(C(F)(F)F)cc(C(F)(F)F)c2)c2cc(C(F)(F)F)cc(C(F)(F)F)c2)cc(C(F)(F)F)c1. The molecule has 0 aliphatic rings.